The van der Waals surface area contributed by atoms with Crippen LogP contribution in [-0.2, 0) is 4.79 Å². The highest BCUT2D eigenvalue weighted by molar-refractivity contribution is 6.08. The second kappa shape index (κ2) is 8.34. The van der Waals surface area contributed by atoms with Gasteiger partial charge in [0.2, 0.25) is 5.78 Å². The van der Waals surface area contributed by atoms with Crippen molar-refractivity contribution in [2.24, 2.45) is 5.92 Å². The van der Waals surface area contributed by atoms with E-state index in [9.17, 15) is 14.7 Å². The molecule has 0 bridgehead atoms. The normalized spacial score (nSPS) is 17.9. The fourth-order valence-electron chi connectivity index (χ4n) is 4.14. The van der Waals surface area contributed by atoms with Crippen LogP contribution in [0.3, 0.4) is 0 Å². The Bertz CT molecular complexity index is 1300. The molecule has 4 aromatic rings. The number of anilines is 1. The number of aromatic nitrogens is 4. The summed E-state index contributed by atoms with van der Waals surface area (Å²) in [5, 5.41) is 9.42. The lowest BCUT2D eigenvalue weighted by molar-refractivity contribution is -0.141. The molecule has 33 heavy (non-hydrogen) atoms. The van der Waals surface area contributed by atoms with E-state index in [1.807, 2.05) is 36.1 Å². The lowest BCUT2D eigenvalue weighted by atomic mass is 10.0. The average molecular weight is 443 g/mol. The molecular formula is C24H21N5O4. The quantitative estimate of drug-likeness (QED) is 0.433. The number of ether oxygens (including phenoxy) is 1. The molecule has 9 nitrogen and oxygen atoms in total. The summed E-state index contributed by atoms with van der Waals surface area (Å²) in [4.78, 5) is 42.3. The van der Waals surface area contributed by atoms with E-state index in [1.54, 1.807) is 30.5 Å². The van der Waals surface area contributed by atoms with Gasteiger partial charge in [0.1, 0.15) is 5.75 Å². The molecule has 2 N–H and O–H groups in total. The summed E-state index contributed by atoms with van der Waals surface area (Å²) in [5.41, 5.74) is 2.01. The van der Waals surface area contributed by atoms with Crippen LogP contribution in [0.25, 0.3) is 11.0 Å². The Kier molecular flexibility index (Phi) is 5.21. The minimum absolute atomic E-state index is 0.219. The molecule has 0 radical (unpaired) electrons. The van der Waals surface area contributed by atoms with Gasteiger partial charge in [-0.1, -0.05) is 12.1 Å². The number of aliphatic carboxylic acids is 1. The second-order valence-electron chi connectivity index (χ2n) is 7.91. The predicted octanol–water partition coefficient (Wildman–Crippen LogP) is 3.68. The van der Waals surface area contributed by atoms with Crippen LogP contribution in [-0.4, -0.2) is 49.4 Å². The Labute approximate surface area is 189 Å². The monoisotopic (exact) mass is 443 g/mol. The maximum atomic E-state index is 12.8. The molecular weight excluding hydrogens is 422 g/mol. The number of benzene rings is 2. The van der Waals surface area contributed by atoms with E-state index in [2.05, 4.69) is 19.9 Å². The third kappa shape index (κ3) is 3.89. The minimum Gasteiger partial charge on any atom is -0.481 e. The summed E-state index contributed by atoms with van der Waals surface area (Å²) < 4.78 is 5.96. The SMILES string of the molecule is CC1C(C(=O)O)CCN1c1nccnc1Oc1ccc(C(=O)c2nc3ccccc3[nH]2)cc1. The molecule has 0 amide bonds. The van der Waals surface area contributed by atoms with Crippen LogP contribution in [0, 0.1) is 5.92 Å². The van der Waals surface area contributed by atoms with Crippen molar-refractivity contribution in [3.8, 4) is 11.6 Å². The third-order valence-electron chi connectivity index (χ3n) is 5.93. The number of fused-ring (bicyclic) bond motifs is 1. The van der Waals surface area contributed by atoms with E-state index in [1.165, 1.54) is 6.20 Å². The number of hydrogen-bond donors (Lipinski definition) is 2. The maximum Gasteiger partial charge on any atom is 0.308 e. The number of H-pyrrole nitrogens is 1. The Morgan fingerprint density at radius 2 is 1.85 bits per heavy atom. The highest BCUT2D eigenvalue weighted by Gasteiger charge is 2.37. The number of carboxylic acids is 1. The molecule has 166 valence electrons. The summed E-state index contributed by atoms with van der Waals surface area (Å²) in [6, 6.07) is 13.9. The fraction of sp³-hybridized carbons (Fsp3) is 0.208. The zero-order chi connectivity index (χ0) is 22.9. The standard InChI is InChI=1S/C24H21N5O4/c1-14-17(24(31)32)10-13-29(14)22-23(26-12-11-25-22)33-16-8-6-15(7-9-16)20(30)21-27-18-4-2-3-5-19(18)28-21/h2-9,11-12,14,17H,10,13H2,1H3,(H,27,28)(H,31,32). The number of hydrogen-bond acceptors (Lipinski definition) is 7. The summed E-state index contributed by atoms with van der Waals surface area (Å²) >= 11 is 0. The highest BCUT2D eigenvalue weighted by Crippen LogP contribution is 2.35. The number of para-hydroxylation sites is 2. The number of imidazole rings is 1. The van der Waals surface area contributed by atoms with Crippen LogP contribution in [0.4, 0.5) is 5.82 Å². The van der Waals surface area contributed by atoms with Crippen molar-refractivity contribution in [2.45, 2.75) is 19.4 Å². The van der Waals surface area contributed by atoms with Crippen molar-refractivity contribution in [3.63, 3.8) is 0 Å². The van der Waals surface area contributed by atoms with Gasteiger partial charge in [-0.2, -0.15) is 0 Å². The van der Waals surface area contributed by atoms with Crippen molar-refractivity contribution in [1.29, 1.82) is 0 Å². The van der Waals surface area contributed by atoms with E-state index in [-0.39, 0.29) is 23.5 Å². The lowest BCUT2D eigenvalue weighted by Gasteiger charge is -2.25. The third-order valence-corrected chi connectivity index (χ3v) is 5.93. The second-order valence-corrected chi connectivity index (χ2v) is 7.91. The largest absolute Gasteiger partial charge is 0.481 e. The first kappa shape index (κ1) is 20.6. The number of carboxylic acid groups (broad SMARTS) is 1. The Balaban J connectivity index is 1.35. The lowest BCUT2D eigenvalue weighted by Crippen LogP contribution is -2.33. The summed E-state index contributed by atoms with van der Waals surface area (Å²) in [7, 11) is 0. The zero-order valence-corrected chi connectivity index (χ0v) is 17.8. The van der Waals surface area contributed by atoms with Gasteiger partial charge in [-0.25, -0.2) is 15.0 Å². The van der Waals surface area contributed by atoms with Crippen LogP contribution in [0.2, 0.25) is 0 Å². The number of nitrogens with one attached hydrogen (secondary N) is 1. The molecule has 2 unspecified atom stereocenters. The molecule has 1 saturated heterocycles. The predicted molar refractivity (Wildman–Crippen MR) is 121 cm³/mol. The fourth-order valence-corrected chi connectivity index (χ4v) is 4.14. The van der Waals surface area contributed by atoms with E-state index >= 15 is 0 Å². The Morgan fingerprint density at radius 1 is 1.09 bits per heavy atom. The van der Waals surface area contributed by atoms with Crippen LogP contribution in [0.15, 0.2) is 60.9 Å². The van der Waals surface area contributed by atoms with Gasteiger partial charge in [-0.05, 0) is 49.7 Å². The number of carbonyl (C=O) groups is 2. The molecule has 0 spiro atoms. The molecule has 3 heterocycles. The Hall–Kier alpha value is -4.27. The first-order valence-electron chi connectivity index (χ1n) is 10.6. The van der Waals surface area contributed by atoms with E-state index in [0.717, 1.165) is 11.0 Å². The first-order valence-corrected chi connectivity index (χ1v) is 10.6. The van der Waals surface area contributed by atoms with Gasteiger partial charge in [0.15, 0.2) is 11.6 Å². The molecule has 9 heteroatoms. The van der Waals surface area contributed by atoms with E-state index in [4.69, 9.17) is 4.74 Å². The summed E-state index contributed by atoms with van der Waals surface area (Å²) in [6.07, 6.45) is 3.61. The Morgan fingerprint density at radius 3 is 2.58 bits per heavy atom. The van der Waals surface area contributed by atoms with Gasteiger partial charge >= 0.3 is 5.97 Å². The molecule has 0 aliphatic carbocycles. The van der Waals surface area contributed by atoms with Crippen molar-refractivity contribution < 1.29 is 19.4 Å². The summed E-state index contributed by atoms with van der Waals surface area (Å²) in [5.74, 6) is 0.0348. The first-order chi connectivity index (χ1) is 16.0. The number of nitrogens with zero attached hydrogens (tertiary/aromatic N) is 4. The van der Waals surface area contributed by atoms with E-state index in [0.29, 0.717) is 30.1 Å². The molecule has 1 fully saturated rings. The van der Waals surface area contributed by atoms with Gasteiger partial charge in [-0.3, -0.25) is 9.59 Å². The smallest absolute Gasteiger partial charge is 0.308 e. The van der Waals surface area contributed by atoms with Gasteiger partial charge in [-0.15, -0.1) is 0 Å². The molecule has 5 rings (SSSR count). The van der Waals surface area contributed by atoms with Crippen molar-refractivity contribution in [3.05, 3.63) is 72.3 Å². The molecule has 1 aliphatic heterocycles. The topological polar surface area (TPSA) is 121 Å². The van der Waals surface area contributed by atoms with Crippen molar-refractivity contribution in [1.82, 2.24) is 19.9 Å². The van der Waals surface area contributed by atoms with Gasteiger partial charge < -0.3 is 19.7 Å². The van der Waals surface area contributed by atoms with Crippen LogP contribution < -0.4 is 9.64 Å². The van der Waals surface area contributed by atoms with Crippen LogP contribution >= 0.6 is 0 Å². The number of ketones is 1. The maximum absolute atomic E-state index is 12.8. The zero-order valence-electron chi connectivity index (χ0n) is 17.8. The molecule has 2 aromatic heterocycles. The van der Waals surface area contributed by atoms with E-state index < -0.39 is 11.9 Å². The highest BCUT2D eigenvalue weighted by atomic mass is 16.5. The molecule has 2 atom stereocenters. The van der Waals surface area contributed by atoms with Crippen molar-refractivity contribution >= 4 is 28.6 Å². The van der Waals surface area contributed by atoms with Crippen LogP contribution in [0.5, 0.6) is 11.6 Å². The van der Waals surface area contributed by atoms with Gasteiger partial charge in [0.25, 0.3) is 5.88 Å². The number of carbonyl (C=O) groups excluding carboxylic acids is 1. The van der Waals surface area contributed by atoms with Gasteiger partial charge in [0, 0.05) is 30.5 Å². The molecule has 2 aromatic carbocycles. The van der Waals surface area contributed by atoms with Crippen LogP contribution in [0.1, 0.15) is 29.5 Å². The average Bonchev–Trinajstić information content (AvgIpc) is 3.43. The summed E-state index contributed by atoms with van der Waals surface area (Å²) in [6.45, 7) is 2.42. The van der Waals surface area contributed by atoms with Crippen molar-refractivity contribution in [2.75, 3.05) is 11.4 Å². The molecule has 0 saturated carbocycles. The minimum atomic E-state index is -0.818. The van der Waals surface area contributed by atoms with Gasteiger partial charge in [0.05, 0.1) is 17.0 Å². The molecule has 1 aliphatic rings. The number of rotatable bonds is 6. The number of aromatic amines is 1.